The van der Waals surface area contributed by atoms with Gasteiger partial charge in [-0.2, -0.15) is 0 Å². The number of hydrogen-bond acceptors (Lipinski definition) is 1. The molecule has 0 saturated carbocycles. The summed E-state index contributed by atoms with van der Waals surface area (Å²) < 4.78 is 42.0. The maximum Gasteiger partial charge on any atom is 0.136 e. The highest BCUT2D eigenvalue weighted by Gasteiger charge is 2.20. The van der Waals surface area contributed by atoms with Gasteiger partial charge in [0.25, 0.3) is 0 Å². The van der Waals surface area contributed by atoms with E-state index in [9.17, 15) is 1.37 Å². The standard InChI is InChI=1S/C44H28O/c1-3-14-29(15-4-1)32-18-7-8-19-34(32)43-37-22-11-9-20-35(37)42(36-21-10-12-23-38(36)43)31-26-27-40-39(28-31)44-33(24-13-25-41(44)45-40)30-16-5-2-6-17-30/h1-28H/i7D,8D,18D,19D. The summed E-state index contributed by atoms with van der Waals surface area (Å²) in [7, 11) is 0. The molecule has 0 fully saturated rings. The Morgan fingerprint density at radius 3 is 1.58 bits per heavy atom. The molecule has 0 atom stereocenters. The number of rotatable bonds is 4. The summed E-state index contributed by atoms with van der Waals surface area (Å²) >= 11 is 0. The van der Waals surface area contributed by atoms with Crippen molar-refractivity contribution in [3.05, 3.63) is 170 Å². The lowest BCUT2D eigenvalue weighted by Crippen LogP contribution is -1.92. The molecule has 1 aromatic heterocycles. The number of benzene rings is 8. The van der Waals surface area contributed by atoms with E-state index in [2.05, 4.69) is 72.8 Å². The van der Waals surface area contributed by atoms with E-state index in [-0.39, 0.29) is 24.2 Å². The average Bonchev–Trinajstić information content (AvgIpc) is 3.53. The van der Waals surface area contributed by atoms with Crippen molar-refractivity contribution in [1.29, 1.82) is 0 Å². The van der Waals surface area contributed by atoms with Gasteiger partial charge in [0.05, 0.1) is 5.48 Å². The monoisotopic (exact) mass is 576 g/mol. The molecule has 45 heavy (non-hydrogen) atoms. The van der Waals surface area contributed by atoms with Crippen LogP contribution in [0.15, 0.2) is 174 Å². The van der Waals surface area contributed by atoms with Crippen LogP contribution in [0.4, 0.5) is 0 Å². The number of furan rings is 1. The largest absolute Gasteiger partial charge is 0.456 e. The van der Waals surface area contributed by atoms with Crippen molar-refractivity contribution in [2.45, 2.75) is 0 Å². The molecule has 0 aliphatic carbocycles. The minimum absolute atomic E-state index is 0.0500. The van der Waals surface area contributed by atoms with Gasteiger partial charge in [0.1, 0.15) is 11.2 Å². The van der Waals surface area contributed by atoms with Crippen molar-refractivity contribution in [3.63, 3.8) is 0 Å². The fraction of sp³-hybridized carbons (Fsp3) is 0. The average molecular weight is 577 g/mol. The topological polar surface area (TPSA) is 13.1 Å². The zero-order valence-electron chi connectivity index (χ0n) is 28.3. The van der Waals surface area contributed by atoms with Crippen molar-refractivity contribution < 1.29 is 9.90 Å². The SMILES string of the molecule is [2H]c1c([2H])c([2H])c(-c2c3ccccc3c(-c3ccc4oc5cccc(-c6ccccc6)c5c4c3)c3ccccc23)c(-c2ccccc2)c1[2H]. The van der Waals surface area contributed by atoms with Crippen molar-refractivity contribution in [2.75, 3.05) is 0 Å². The first kappa shape index (κ1) is 21.7. The molecule has 0 N–H and O–H groups in total. The quantitative estimate of drug-likeness (QED) is 0.190. The third kappa shape index (κ3) is 4.09. The molecular formula is C44H28O. The highest BCUT2D eigenvalue weighted by Crippen LogP contribution is 2.47. The third-order valence-electron chi connectivity index (χ3n) is 8.80. The first-order chi connectivity index (χ1) is 24.0. The second-order valence-electron chi connectivity index (χ2n) is 11.3. The molecule has 0 bridgehead atoms. The Balaban J connectivity index is 1.39. The van der Waals surface area contributed by atoms with E-state index in [1.54, 1.807) is 0 Å². The molecule has 8 aromatic carbocycles. The summed E-state index contributed by atoms with van der Waals surface area (Å²) in [5, 5.41) is 5.94. The maximum absolute atomic E-state index is 9.27. The molecule has 0 unspecified atom stereocenters. The van der Waals surface area contributed by atoms with Gasteiger partial charge in [-0.15, -0.1) is 0 Å². The van der Waals surface area contributed by atoms with Gasteiger partial charge in [-0.1, -0.05) is 152 Å². The lowest BCUT2D eigenvalue weighted by molar-refractivity contribution is 0.669. The predicted octanol–water partition coefficient (Wildman–Crippen LogP) is 12.6. The van der Waals surface area contributed by atoms with Crippen molar-refractivity contribution in [2.24, 2.45) is 0 Å². The van der Waals surface area contributed by atoms with Gasteiger partial charge in [0, 0.05) is 10.8 Å². The fourth-order valence-corrected chi connectivity index (χ4v) is 6.87. The highest BCUT2D eigenvalue weighted by molar-refractivity contribution is 6.23. The normalized spacial score (nSPS) is 12.8. The van der Waals surface area contributed by atoms with Crippen LogP contribution in [0.1, 0.15) is 5.48 Å². The molecule has 9 aromatic rings. The Kier molecular flexibility index (Phi) is 5.00. The Labute approximate surface area is 267 Å². The van der Waals surface area contributed by atoms with E-state index < -0.39 is 0 Å². The molecule has 0 amide bonds. The van der Waals surface area contributed by atoms with E-state index in [0.717, 1.165) is 76.9 Å². The third-order valence-corrected chi connectivity index (χ3v) is 8.80. The van der Waals surface area contributed by atoms with E-state index in [1.807, 2.05) is 72.8 Å². The summed E-state index contributed by atoms with van der Waals surface area (Å²) in [6, 6.07) is 48.3. The Morgan fingerprint density at radius 1 is 0.378 bits per heavy atom. The van der Waals surface area contributed by atoms with Crippen LogP contribution in [0, 0.1) is 0 Å². The summed E-state index contributed by atoms with van der Waals surface area (Å²) in [5.74, 6) is 0. The lowest BCUT2D eigenvalue weighted by Gasteiger charge is -2.19. The molecule has 1 heteroatoms. The van der Waals surface area contributed by atoms with E-state index in [1.165, 1.54) is 0 Å². The summed E-state index contributed by atoms with van der Waals surface area (Å²) in [5.41, 5.74) is 8.53. The molecule has 1 heterocycles. The van der Waals surface area contributed by atoms with Crippen molar-refractivity contribution in [3.8, 4) is 44.5 Å². The maximum atomic E-state index is 9.27. The summed E-state index contributed by atoms with van der Waals surface area (Å²) in [6.07, 6.45) is 0. The molecule has 0 radical (unpaired) electrons. The number of fused-ring (bicyclic) bond motifs is 5. The molecule has 210 valence electrons. The van der Waals surface area contributed by atoms with Crippen LogP contribution < -0.4 is 0 Å². The zero-order chi connectivity index (χ0) is 33.2. The zero-order valence-corrected chi connectivity index (χ0v) is 24.3. The fourth-order valence-electron chi connectivity index (χ4n) is 6.87. The van der Waals surface area contributed by atoms with Crippen LogP contribution in [0.3, 0.4) is 0 Å². The van der Waals surface area contributed by atoms with Crippen LogP contribution in [-0.2, 0) is 0 Å². The van der Waals surface area contributed by atoms with E-state index >= 15 is 0 Å². The minimum atomic E-state index is -0.247. The van der Waals surface area contributed by atoms with Crippen LogP contribution in [-0.4, -0.2) is 0 Å². The predicted molar refractivity (Wildman–Crippen MR) is 190 cm³/mol. The number of hydrogen-bond donors (Lipinski definition) is 0. The van der Waals surface area contributed by atoms with Gasteiger partial charge < -0.3 is 4.42 Å². The van der Waals surface area contributed by atoms with Crippen LogP contribution in [0.2, 0.25) is 0 Å². The van der Waals surface area contributed by atoms with Gasteiger partial charge in [0.2, 0.25) is 0 Å². The molecule has 0 saturated heterocycles. The molecule has 0 aliphatic rings. The summed E-state index contributed by atoms with van der Waals surface area (Å²) in [4.78, 5) is 0. The van der Waals surface area contributed by atoms with Gasteiger partial charge in [-0.05, 0) is 84.3 Å². The van der Waals surface area contributed by atoms with Crippen molar-refractivity contribution in [1.82, 2.24) is 0 Å². The highest BCUT2D eigenvalue weighted by atomic mass is 16.3. The molecule has 0 spiro atoms. The summed E-state index contributed by atoms with van der Waals surface area (Å²) in [6.45, 7) is 0. The minimum Gasteiger partial charge on any atom is -0.456 e. The van der Waals surface area contributed by atoms with Gasteiger partial charge in [0.15, 0.2) is 0 Å². The van der Waals surface area contributed by atoms with Gasteiger partial charge >= 0.3 is 0 Å². The second-order valence-corrected chi connectivity index (χ2v) is 11.3. The smallest absolute Gasteiger partial charge is 0.136 e. The first-order valence-corrected chi connectivity index (χ1v) is 15.1. The van der Waals surface area contributed by atoms with Crippen LogP contribution in [0.5, 0.6) is 0 Å². The van der Waals surface area contributed by atoms with E-state index in [4.69, 9.17) is 8.53 Å². The van der Waals surface area contributed by atoms with Crippen molar-refractivity contribution >= 4 is 43.5 Å². The molecule has 1 nitrogen and oxygen atoms in total. The Hall–Kier alpha value is -5.92. The van der Waals surface area contributed by atoms with Gasteiger partial charge in [-0.25, -0.2) is 0 Å². The van der Waals surface area contributed by atoms with Crippen LogP contribution in [0.25, 0.3) is 88.0 Å². The van der Waals surface area contributed by atoms with E-state index in [0.29, 0.717) is 11.1 Å². The molecule has 0 aliphatic heterocycles. The molecular weight excluding hydrogens is 544 g/mol. The Morgan fingerprint density at radius 2 is 0.933 bits per heavy atom. The Bertz CT molecular complexity index is 2690. The van der Waals surface area contributed by atoms with Gasteiger partial charge in [-0.3, -0.25) is 0 Å². The lowest BCUT2D eigenvalue weighted by atomic mass is 9.83. The first-order valence-electron chi connectivity index (χ1n) is 17.1. The van der Waals surface area contributed by atoms with Crippen LogP contribution >= 0.6 is 0 Å². The molecule has 9 rings (SSSR count). The second kappa shape index (κ2) is 10.4.